The number of halogens is 2. The summed E-state index contributed by atoms with van der Waals surface area (Å²) in [6.45, 7) is 8.81. The van der Waals surface area contributed by atoms with E-state index in [9.17, 15) is 8.78 Å². The maximum Gasteiger partial charge on any atom is 0.201 e. The minimum absolute atomic E-state index is 0.0967. The van der Waals surface area contributed by atoms with Crippen LogP contribution in [-0.2, 0) is 6.54 Å². The number of aromatic nitrogens is 2. The van der Waals surface area contributed by atoms with Crippen molar-refractivity contribution in [3.63, 3.8) is 0 Å². The van der Waals surface area contributed by atoms with Gasteiger partial charge in [0.15, 0.2) is 11.6 Å². The molecule has 5 heteroatoms. The summed E-state index contributed by atoms with van der Waals surface area (Å²) in [5, 5.41) is 0. The van der Waals surface area contributed by atoms with Gasteiger partial charge in [-0.15, -0.1) is 0 Å². The van der Waals surface area contributed by atoms with Crippen LogP contribution in [0.2, 0.25) is 0 Å². The molecule has 1 heterocycles. The van der Waals surface area contributed by atoms with Crippen molar-refractivity contribution < 1.29 is 8.78 Å². The zero-order valence-corrected chi connectivity index (χ0v) is 11.7. The molecule has 1 aromatic heterocycles. The Bertz CT molecular complexity index is 615. The van der Waals surface area contributed by atoms with Gasteiger partial charge in [0.1, 0.15) is 5.52 Å². The van der Waals surface area contributed by atoms with E-state index in [2.05, 4.69) is 32.7 Å². The first-order valence-corrected chi connectivity index (χ1v) is 6.33. The number of nitrogen functional groups attached to an aromatic ring is 1. The van der Waals surface area contributed by atoms with Crippen molar-refractivity contribution in [3.8, 4) is 0 Å². The van der Waals surface area contributed by atoms with Gasteiger partial charge in [-0.1, -0.05) is 27.7 Å². The summed E-state index contributed by atoms with van der Waals surface area (Å²) in [4.78, 5) is 4.09. The van der Waals surface area contributed by atoms with Crippen LogP contribution in [0.5, 0.6) is 0 Å². The van der Waals surface area contributed by atoms with Gasteiger partial charge in [-0.25, -0.2) is 13.8 Å². The third kappa shape index (κ3) is 2.29. The largest absolute Gasteiger partial charge is 0.369 e. The highest BCUT2D eigenvalue weighted by atomic mass is 19.2. The molecule has 2 N–H and O–H groups in total. The van der Waals surface area contributed by atoms with Crippen molar-refractivity contribution >= 4 is 17.0 Å². The van der Waals surface area contributed by atoms with Crippen molar-refractivity contribution in [1.82, 2.24) is 9.55 Å². The Kier molecular flexibility index (Phi) is 3.24. The number of nitrogens with two attached hydrogens (primary N) is 1. The SMILES string of the molecule is CC(C)C(C)(C)Cn1c(N)nc2ccc(F)c(F)c21. The normalized spacial score (nSPS) is 12.6. The second-order valence-electron chi connectivity index (χ2n) is 5.93. The predicted molar refractivity (Wildman–Crippen MR) is 72.7 cm³/mol. The van der Waals surface area contributed by atoms with Crippen LogP contribution < -0.4 is 5.73 Å². The highest BCUT2D eigenvalue weighted by molar-refractivity contribution is 5.79. The lowest BCUT2D eigenvalue weighted by Gasteiger charge is -2.30. The molecule has 0 saturated heterocycles. The van der Waals surface area contributed by atoms with Crippen molar-refractivity contribution in [2.45, 2.75) is 34.2 Å². The number of anilines is 1. The van der Waals surface area contributed by atoms with Gasteiger partial charge < -0.3 is 10.3 Å². The van der Waals surface area contributed by atoms with Crippen LogP contribution >= 0.6 is 0 Å². The van der Waals surface area contributed by atoms with E-state index in [-0.39, 0.29) is 16.9 Å². The molecule has 0 aliphatic carbocycles. The first-order valence-electron chi connectivity index (χ1n) is 6.33. The highest BCUT2D eigenvalue weighted by Crippen LogP contribution is 2.32. The molecule has 0 atom stereocenters. The third-order valence-electron chi connectivity index (χ3n) is 3.96. The molecule has 19 heavy (non-hydrogen) atoms. The average Bonchev–Trinajstić information content (AvgIpc) is 2.61. The molecule has 0 aliphatic rings. The van der Waals surface area contributed by atoms with Gasteiger partial charge in [-0.3, -0.25) is 0 Å². The van der Waals surface area contributed by atoms with Crippen molar-refractivity contribution in [1.29, 1.82) is 0 Å². The Morgan fingerprint density at radius 1 is 1.32 bits per heavy atom. The van der Waals surface area contributed by atoms with Crippen LogP contribution in [-0.4, -0.2) is 9.55 Å². The lowest BCUT2D eigenvalue weighted by atomic mass is 9.81. The fraction of sp³-hybridized carbons (Fsp3) is 0.500. The summed E-state index contributed by atoms with van der Waals surface area (Å²) in [7, 11) is 0. The predicted octanol–water partition coefficient (Wildman–Crippen LogP) is 3.58. The van der Waals surface area contributed by atoms with Crippen LogP contribution in [0.1, 0.15) is 27.7 Å². The molecule has 0 radical (unpaired) electrons. The zero-order valence-electron chi connectivity index (χ0n) is 11.7. The molecule has 0 amide bonds. The summed E-state index contributed by atoms with van der Waals surface area (Å²) >= 11 is 0. The third-order valence-corrected chi connectivity index (χ3v) is 3.96. The Morgan fingerprint density at radius 2 is 1.95 bits per heavy atom. The van der Waals surface area contributed by atoms with Crippen LogP contribution in [0.3, 0.4) is 0 Å². The maximum atomic E-state index is 14.0. The fourth-order valence-corrected chi connectivity index (χ4v) is 1.93. The summed E-state index contributed by atoms with van der Waals surface area (Å²) in [5.41, 5.74) is 6.28. The summed E-state index contributed by atoms with van der Waals surface area (Å²) in [5.74, 6) is -1.17. The number of hydrogen-bond acceptors (Lipinski definition) is 2. The standard InChI is InChI=1S/C14H19F2N3/c1-8(2)14(3,4)7-19-12-10(18-13(19)17)6-5-9(15)11(12)16/h5-6,8H,7H2,1-4H3,(H2,17,18). The summed E-state index contributed by atoms with van der Waals surface area (Å²) in [6.07, 6.45) is 0. The zero-order chi connectivity index (χ0) is 14.4. The maximum absolute atomic E-state index is 14.0. The van der Waals surface area contributed by atoms with E-state index in [4.69, 9.17) is 5.73 Å². The van der Waals surface area contributed by atoms with Gasteiger partial charge in [0, 0.05) is 6.54 Å². The summed E-state index contributed by atoms with van der Waals surface area (Å²) < 4.78 is 28.9. The minimum atomic E-state index is -0.888. The molecule has 0 spiro atoms. The Hall–Kier alpha value is -1.65. The molecule has 1 aromatic carbocycles. The number of hydrogen-bond donors (Lipinski definition) is 1. The molecule has 0 bridgehead atoms. The van der Waals surface area contributed by atoms with Crippen LogP contribution in [0.4, 0.5) is 14.7 Å². The van der Waals surface area contributed by atoms with Gasteiger partial charge in [0.2, 0.25) is 5.95 Å². The molecular weight excluding hydrogens is 248 g/mol. The average molecular weight is 267 g/mol. The Morgan fingerprint density at radius 3 is 2.53 bits per heavy atom. The molecule has 104 valence electrons. The minimum Gasteiger partial charge on any atom is -0.369 e. The highest BCUT2D eigenvalue weighted by Gasteiger charge is 2.26. The topological polar surface area (TPSA) is 43.8 Å². The molecule has 2 aromatic rings. The molecule has 0 unspecified atom stereocenters. The van der Waals surface area contributed by atoms with E-state index >= 15 is 0 Å². The monoisotopic (exact) mass is 267 g/mol. The van der Waals surface area contributed by atoms with Gasteiger partial charge in [0.05, 0.1) is 5.52 Å². The molecular formula is C14H19F2N3. The molecule has 2 rings (SSSR count). The molecule has 0 aliphatic heterocycles. The molecule has 0 saturated carbocycles. The van der Waals surface area contributed by atoms with E-state index in [1.54, 1.807) is 4.57 Å². The van der Waals surface area contributed by atoms with Crippen molar-refractivity contribution in [2.24, 2.45) is 11.3 Å². The number of benzene rings is 1. The number of fused-ring (bicyclic) bond motifs is 1. The second-order valence-corrected chi connectivity index (χ2v) is 5.93. The van der Waals surface area contributed by atoms with Crippen LogP contribution in [0.15, 0.2) is 12.1 Å². The molecule has 3 nitrogen and oxygen atoms in total. The number of nitrogens with zero attached hydrogens (tertiary/aromatic N) is 2. The fourth-order valence-electron chi connectivity index (χ4n) is 1.93. The van der Waals surface area contributed by atoms with E-state index in [1.165, 1.54) is 6.07 Å². The van der Waals surface area contributed by atoms with E-state index in [0.29, 0.717) is 18.0 Å². The molecule has 0 fully saturated rings. The van der Waals surface area contributed by atoms with Gasteiger partial charge in [0.25, 0.3) is 0 Å². The van der Waals surface area contributed by atoms with Crippen LogP contribution in [0, 0.1) is 23.0 Å². The smallest absolute Gasteiger partial charge is 0.201 e. The Labute approximate surface area is 111 Å². The van der Waals surface area contributed by atoms with Gasteiger partial charge >= 0.3 is 0 Å². The lowest BCUT2D eigenvalue weighted by Crippen LogP contribution is -2.26. The lowest BCUT2D eigenvalue weighted by molar-refractivity contribution is 0.213. The van der Waals surface area contributed by atoms with E-state index < -0.39 is 11.6 Å². The van der Waals surface area contributed by atoms with Crippen molar-refractivity contribution in [3.05, 3.63) is 23.8 Å². The van der Waals surface area contributed by atoms with Gasteiger partial charge in [-0.05, 0) is 23.5 Å². The first kappa shape index (κ1) is 13.8. The van der Waals surface area contributed by atoms with Crippen molar-refractivity contribution in [2.75, 3.05) is 5.73 Å². The number of imidazole rings is 1. The quantitative estimate of drug-likeness (QED) is 0.923. The summed E-state index contributed by atoms with van der Waals surface area (Å²) in [6, 6.07) is 2.52. The van der Waals surface area contributed by atoms with Crippen LogP contribution in [0.25, 0.3) is 11.0 Å². The number of rotatable bonds is 3. The Balaban J connectivity index is 2.60. The van der Waals surface area contributed by atoms with Gasteiger partial charge in [-0.2, -0.15) is 0 Å². The van der Waals surface area contributed by atoms with E-state index in [0.717, 1.165) is 6.07 Å². The van der Waals surface area contributed by atoms with E-state index in [1.807, 2.05) is 0 Å². The first-order chi connectivity index (χ1) is 8.74. The second kappa shape index (κ2) is 4.47.